The highest BCUT2D eigenvalue weighted by Gasteiger charge is 2.33. The van der Waals surface area contributed by atoms with Crippen LogP contribution in [0.25, 0.3) is 98.0 Å². The summed E-state index contributed by atoms with van der Waals surface area (Å²) in [6.07, 6.45) is 0. The average Bonchev–Trinajstić information content (AvgIpc) is 1.11. The number of rotatable bonds is 12. The Kier molecular flexibility index (Phi) is 10.4. The maximum atomic E-state index is 15.8. The predicted octanol–water partition coefficient (Wildman–Crippen LogP) is 12.2. The van der Waals surface area contributed by atoms with Crippen LogP contribution in [0.2, 0.25) is 0 Å². The van der Waals surface area contributed by atoms with Crippen LogP contribution in [0.15, 0.2) is 155 Å². The zero-order valence-electron chi connectivity index (χ0n) is 43.6. The molecule has 402 valence electrons. The molecule has 0 saturated carbocycles. The number of imidazole rings is 2. The third-order valence-electron chi connectivity index (χ3n) is 15.6. The van der Waals surface area contributed by atoms with Gasteiger partial charge in [0.05, 0.1) is 83.0 Å². The molecule has 12 N–H and O–H groups in total. The molecule has 0 aliphatic rings. The third kappa shape index (κ3) is 6.88. The molecule has 0 saturated heterocycles. The van der Waals surface area contributed by atoms with E-state index in [1.165, 1.54) is 14.2 Å². The van der Waals surface area contributed by atoms with Gasteiger partial charge in [-0.2, -0.15) is 0 Å². The minimum atomic E-state index is -0.372. The summed E-state index contributed by atoms with van der Waals surface area (Å²) in [6, 6.07) is 42.3. The molecule has 82 heavy (non-hydrogen) atoms. The number of hydrogen-bond donors (Lipinski definition) is 8. The largest absolute Gasteiger partial charge is 0.497 e. The van der Waals surface area contributed by atoms with E-state index in [-0.39, 0.29) is 104 Å². The van der Waals surface area contributed by atoms with Crippen molar-refractivity contribution in [3.8, 4) is 57.5 Å². The van der Waals surface area contributed by atoms with Crippen LogP contribution in [0.5, 0.6) is 57.5 Å². The van der Waals surface area contributed by atoms with E-state index in [4.69, 9.17) is 51.4 Å². The Balaban J connectivity index is 1.24. The first-order chi connectivity index (χ1) is 39.9. The summed E-state index contributed by atoms with van der Waals surface area (Å²) < 4.78 is 43.1. The van der Waals surface area contributed by atoms with Crippen LogP contribution in [0.1, 0.15) is 11.1 Å². The zero-order valence-corrected chi connectivity index (χ0v) is 43.6. The van der Waals surface area contributed by atoms with Crippen molar-refractivity contribution in [3.63, 3.8) is 0 Å². The number of anilines is 4. The van der Waals surface area contributed by atoms with E-state index in [9.17, 15) is 10.2 Å². The number of benzene rings is 11. The molecule has 0 aliphatic heterocycles. The highest BCUT2D eigenvalue weighted by molar-refractivity contribution is 6.45. The van der Waals surface area contributed by atoms with E-state index < -0.39 is 0 Å². The van der Waals surface area contributed by atoms with Gasteiger partial charge in [-0.15, -0.1) is 0 Å². The molecule has 15 aromatic rings. The van der Waals surface area contributed by atoms with Gasteiger partial charge in [0.2, 0.25) is 0 Å². The minimum Gasteiger partial charge on any atom is -0.497 e. The number of nitrogens with two attached hydrogens (primary N) is 4. The normalized spacial score (nSPS) is 12.0. The van der Waals surface area contributed by atoms with Crippen LogP contribution in [0.3, 0.4) is 0 Å². The Hall–Kier alpha value is -11.1. The van der Waals surface area contributed by atoms with Gasteiger partial charge in [0.1, 0.15) is 57.3 Å². The number of aliphatic hydroxyl groups is 2. The van der Waals surface area contributed by atoms with E-state index in [0.717, 1.165) is 0 Å². The SMILES string of the molecule is COc1ccc(Oc2cc3c(=O)n4c5ccccc5[nH]c4c4cc(Oc5ccc(CO)cc5N)c5c6c(Oc7ccc(CO)cc7N)cc7c8c(cc(Oc9ccc(OC)cc9N)c(c2c5c34)c68)c(=O)n2c3ccccc3[nH]c72)c(N)c1. The molecule has 0 aliphatic carbocycles. The van der Waals surface area contributed by atoms with Crippen molar-refractivity contribution in [3.05, 3.63) is 177 Å². The molecule has 15 rings (SSSR count). The van der Waals surface area contributed by atoms with Crippen molar-refractivity contribution in [2.24, 2.45) is 0 Å². The molecule has 11 aromatic carbocycles. The molecule has 0 bridgehead atoms. The van der Waals surface area contributed by atoms with E-state index in [1.807, 2.05) is 60.7 Å². The summed E-state index contributed by atoms with van der Waals surface area (Å²) >= 11 is 0. The van der Waals surface area contributed by atoms with Gasteiger partial charge in [0, 0.05) is 66.0 Å². The minimum absolute atomic E-state index is 0.167. The van der Waals surface area contributed by atoms with Crippen LogP contribution in [0, 0.1) is 0 Å². The smallest absolute Gasteiger partial charge is 0.264 e. The number of nitrogens with one attached hydrogen (secondary N) is 2. The fourth-order valence-electron chi connectivity index (χ4n) is 11.9. The number of nitrogens with zero attached hydrogens (tertiary/aromatic N) is 2. The second-order valence-corrected chi connectivity index (χ2v) is 20.2. The van der Waals surface area contributed by atoms with Gasteiger partial charge >= 0.3 is 0 Å². The molecular weight excluding hydrogens is 1040 g/mol. The summed E-state index contributed by atoms with van der Waals surface area (Å²) in [5.74, 6) is 2.72. The number of pyridine rings is 2. The van der Waals surface area contributed by atoms with E-state index in [0.29, 0.717) is 110 Å². The number of hydrogen-bond acceptors (Lipinski definition) is 14. The number of aromatic amines is 2. The summed E-state index contributed by atoms with van der Waals surface area (Å²) in [4.78, 5) is 38.6. The molecule has 0 fully saturated rings. The highest BCUT2D eigenvalue weighted by atomic mass is 16.5. The third-order valence-corrected chi connectivity index (χ3v) is 15.6. The molecule has 0 amide bonds. The Morgan fingerprint density at radius 1 is 0.390 bits per heavy atom. The van der Waals surface area contributed by atoms with E-state index in [1.54, 1.807) is 93.7 Å². The summed E-state index contributed by atoms with van der Waals surface area (Å²) in [5.41, 5.74) is 32.1. The number of fused-ring (bicyclic) bond motifs is 10. The number of H-pyrrole nitrogens is 2. The molecule has 0 spiro atoms. The first-order valence-electron chi connectivity index (χ1n) is 26.0. The molecule has 18 heteroatoms. The van der Waals surface area contributed by atoms with E-state index in [2.05, 4.69) is 9.97 Å². The van der Waals surface area contributed by atoms with Crippen molar-refractivity contribution in [1.82, 2.24) is 18.8 Å². The monoisotopic (exact) mass is 1090 g/mol. The first kappa shape index (κ1) is 48.1. The predicted molar refractivity (Wildman–Crippen MR) is 321 cm³/mol. The van der Waals surface area contributed by atoms with Crippen LogP contribution in [0.4, 0.5) is 22.7 Å². The quantitative estimate of drug-likeness (QED) is 0.0321. The van der Waals surface area contributed by atoms with Gasteiger partial charge in [0.15, 0.2) is 11.5 Å². The number of para-hydroxylation sites is 4. The molecule has 4 heterocycles. The molecule has 0 unspecified atom stereocenters. The molecular formula is C64H46N8O10. The standard InChI is InChI=1S/C64H46N8O10/c1-77-31-13-17-47(39(67)21-31)81-51-25-35-53-33(61-69-41-7-3-5-9-43(41)71(61)63(35)75)23-49(79-45-15-11-29(27-73)19-37(45)65)55-56-50(80-46-16-12-30(28-74)20-38(46)66)24-34-54-36(64(76)72-44-10-6-4-8-42(44)70-62(34)72)26-52(58(60(54)56)57(51)59(53)55)82-48-18-14-32(78-2)22-40(48)68/h3-26,69-70,73-74H,27-28,65-68H2,1-2H3. The van der Waals surface area contributed by atoms with Crippen LogP contribution in [-0.4, -0.2) is 43.2 Å². The zero-order chi connectivity index (χ0) is 56.0. The highest BCUT2D eigenvalue weighted by Crippen LogP contribution is 2.58. The topological polar surface area (TPSA) is 274 Å². The summed E-state index contributed by atoms with van der Waals surface area (Å²) in [7, 11) is 3.07. The lowest BCUT2D eigenvalue weighted by Gasteiger charge is -2.26. The van der Waals surface area contributed by atoms with Gasteiger partial charge in [-0.1, -0.05) is 36.4 Å². The molecule has 0 atom stereocenters. The lowest BCUT2D eigenvalue weighted by Crippen LogP contribution is -2.15. The first-order valence-corrected chi connectivity index (χ1v) is 26.0. The van der Waals surface area contributed by atoms with E-state index >= 15 is 9.59 Å². The number of ether oxygens (including phenoxy) is 6. The Bertz CT molecular complexity index is 5000. The van der Waals surface area contributed by atoms with Crippen molar-refractivity contribution < 1.29 is 38.6 Å². The fourth-order valence-corrected chi connectivity index (χ4v) is 11.9. The van der Waals surface area contributed by atoms with Crippen LogP contribution >= 0.6 is 0 Å². The van der Waals surface area contributed by atoms with Gasteiger partial charge in [-0.25, -0.2) is 0 Å². The second kappa shape index (κ2) is 17.7. The Morgan fingerprint density at radius 3 is 1.07 bits per heavy atom. The van der Waals surface area contributed by atoms with Gasteiger partial charge in [-0.05, 0) is 108 Å². The van der Waals surface area contributed by atoms with Crippen LogP contribution < -0.4 is 62.5 Å². The maximum absolute atomic E-state index is 15.8. The number of methoxy groups -OCH3 is 2. The summed E-state index contributed by atoms with van der Waals surface area (Å²) in [6.45, 7) is -0.543. The van der Waals surface area contributed by atoms with Crippen molar-refractivity contribution >= 4 is 121 Å². The lowest BCUT2D eigenvalue weighted by molar-refractivity contribution is 0.281. The number of nitrogen functional groups attached to an aromatic ring is 4. The Labute approximate surface area is 461 Å². The molecule has 0 radical (unpaired) electrons. The number of aliphatic hydroxyl groups excluding tert-OH is 2. The molecule has 4 aromatic heterocycles. The maximum Gasteiger partial charge on any atom is 0.264 e. The second-order valence-electron chi connectivity index (χ2n) is 20.2. The van der Waals surface area contributed by atoms with Crippen molar-refractivity contribution in [1.29, 1.82) is 0 Å². The van der Waals surface area contributed by atoms with Gasteiger partial charge in [0.25, 0.3) is 11.1 Å². The lowest BCUT2D eigenvalue weighted by atomic mass is 9.84. The van der Waals surface area contributed by atoms with Crippen molar-refractivity contribution in [2.75, 3.05) is 37.2 Å². The van der Waals surface area contributed by atoms with Gasteiger partial charge in [-0.3, -0.25) is 18.4 Å². The molecule has 18 nitrogen and oxygen atoms in total. The number of aromatic nitrogens is 4. The fraction of sp³-hybridized carbons (Fsp3) is 0.0625. The van der Waals surface area contributed by atoms with Gasteiger partial charge < -0.3 is 71.5 Å². The Morgan fingerprint density at radius 2 is 0.732 bits per heavy atom. The van der Waals surface area contributed by atoms with Crippen LogP contribution in [-0.2, 0) is 13.2 Å². The average molecular weight is 1090 g/mol. The van der Waals surface area contributed by atoms with Crippen molar-refractivity contribution in [2.45, 2.75) is 13.2 Å². The summed E-state index contributed by atoms with van der Waals surface area (Å²) in [5, 5.41) is 25.6.